The summed E-state index contributed by atoms with van der Waals surface area (Å²) in [6.45, 7) is 8.05. The number of carbonyl (C=O) groups is 1. The lowest BCUT2D eigenvalue weighted by Gasteiger charge is -2.18. The van der Waals surface area contributed by atoms with Crippen LogP contribution >= 0.6 is 0 Å². The van der Waals surface area contributed by atoms with E-state index in [0.29, 0.717) is 24.0 Å². The van der Waals surface area contributed by atoms with Crippen molar-refractivity contribution in [2.45, 2.75) is 39.9 Å². The number of methoxy groups -OCH3 is 1. The molecule has 0 bridgehead atoms. The maximum atomic E-state index is 11.9. The number of benzene rings is 1. The van der Waals surface area contributed by atoms with Gasteiger partial charge in [0.25, 0.3) is 5.91 Å². The monoisotopic (exact) mass is 295 g/mol. The fourth-order valence-corrected chi connectivity index (χ4v) is 1.73. The van der Waals surface area contributed by atoms with Crippen LogP contribution in [-0.2, 0) is 4.79 Å². The first-order valence-electron chi connectivity index (χ1n) is 7.15. The summed E-state index contributed by atoms with van der Waals surface area (Å²) in [5.41, 5.74) is 0.733. The van der Waals surface area contributed by atoms with Crippen molar-refractivity contribution in [3.63, 3.8) is 0 Å². The van der Waals surface area contributed by atoms with Crippen LogP contribution in [0.2, 0.25) is 0 Å². The van der Waals surface area contributed by atoms with Crippen LogP contribution in [0.3, 0.4) is 0 Å². The maximum Gasteiger partial charge on any atom is 0.260 e. The molecule has 1 rings (SSSR count). The minimum Gasteiger partial charge on any atom is -0.493 e. The van der Waals surface area contributed by atoms with Crippen molar-refractivity contribution in [1.82, 2.24) is 5.32 Å². The third kappa shape index (κ3) is 5.27. The molecule has 0 fully saturated rings. The van der Waals surface area contributed by atoms with Crippen molar-refractivity contribution in [1.29, 1.82) is 0 Å². The first-order valence-corrected chi connectivity index (χ1v) is 7.15. The molecule has 0 aromatic heterocycles. The Morgan fingerprint density at radius 3 is 2.43 bits per heavy atom. The molecule has 0 saturated heterocycles. The van der Waals surface area contributed by atoms with Crippen LogP contribution in [0.5, 0.6) is 11.5 Å². The standard InChI is InChI=1S/C16H25NO4/c1-10(2)9-17-16(19)12(4)21-14-7-6-13(11(3)18)8-15(14)20-5/h6-8,10-12,18H,9H2,1-5H3,(H,17,19)/t11-,12?/m1/s1. The Labute approximate surface area is 126 Å². The average Bonchev–Trinajstić information content (AvgIpc) is 2.44. The topological polar surface area (TPSA) is 67.8 Å². The van der Waals surface area contributed by atoms with E-state index in [0.717, 1.165) is 5.56 Å². The first-order chi connectivity index (χ1) is 9.85. The number of carbonyl (C=O) groups excluding carboxylic acids is 1. The highest BCUT2D eigenvalue weighted by molar-refractivity contribution is 5.80. The van der Waals surface area contributed by atoms with E-state index in [-0.39, 0.29) is 5.91 Å². The van der Waals surface area contributed by atoms with Crippen LogP contribution in [0.25, 0.3) is 0 Å². The molecule has 0 aliphatic carbocycles. The molecule has 1 aromatic carbocycles. The second-order valence-corrected chi connectivity index (χ2v) is 5.49. The van der Waals surface area contributed by atoms with Gasteiger partial charge < -0.3 is 19.9 Å². The Hall–Kier alpha value is -1.75. The third-order valence-electron chi connectivity index (χ3n) is 3.03. The first kappa shape index (κ1) is 17.3. The van der Waals surface area contributed by atoms with E-state index < -0.39 is 12.2 Å². The van der Waals surface area contributed by atoms with E-state index in [1.54, 1.807) is 32.0 Å². The summed E-state index contributed by atoms with van der Waals surface area (Å²) in [6.07, 6.45) is -1.20. The Balaban J connectivity index is 2.75. The third-order valence-corrected chi connectivity index (χ3v) is 3.03. The van der Waals surface area contributed by atoms with Crippen molar-refractivity contribution in [2.75, 3.05) is 13.7 Å². The van der Waals surface area contributed by atoms with E-state index in [9.17, 15) is 9.90 Å². The lowest BCUT2D eigenvalue weighted by atomic mass is 10.1. The Morgan fingerprint density at radius 1 is 1.24 bits per heavy atom. The second kappa shape index (κ2) is 7.88. The van der Waals surface area contributed by atoms with Crippen molar-refractivity contribution in [2.24, 2.45) is 5.92 Å². The van der Waals surface area contributed by atoms with E-state index in [1.165, 1.54) is 7.11 Å². The van der Waals surface area contributed by atoms with Gasteiger partial charge in [0, 0.05) is 6.54 Å². The van der Waals surface area contributed by atoms with E-state index in [1.807, 2.05) is 13.8 Å². The van der Waals surface area contributed by atoms with Gasteiger partial charge in [0.05, 0.1) is 13.2 Å². The van der Waals surface area contributed by atoms with Crippen LogP contribution in [0.4, 0.5) is 0 Å². The van der Waals surface area contributed by atoms with Crippen LogP contribution in [0.1, 0.15) is 39.4 Å². The fourth-order valence-electron chi connectivity index (χ4n) is 1.73. The second-order valence-electron chi connectivity index (χ2n) is 5.49. The average molecular weight is 295 g/mol. The van der Waals surface area contributed by atoms with Gasteiger partial charge in [-0.25, -0.2) is 0 Å². The van der Waals surface area contributed by atoms with Crippen LogP contribution in [-0.4, -0.2) is 30.8 Å². The van der Waals surface area contributed by atoms with E-state index >= 15 is 0 Å². The molecule has 0 aliphatic rings. The highest BCUT2D eigenvalue weighted by atomic mass is 16.5. The number of aliphatic hydroxyl groups is 1. The molecule has 2 atom stereocenters. The Kier molecular flexibility index (Phi) is 6.49. The molecule has 1 aromatic rings. The Bertz CT molecular complexity index is 471. The SMILES string of the molecule is COc1cc([C@@H](C)O)ccc1OC(C)C(=O)NCC(C)C. The molecule has 2 N–H and O–H groups in total. The molecule has 0 saturated carbocycles. The zero-order valence-corrected chi connectivity index (χ0v) is 13.3. The van der Waals surface area contributed by atoms with Crippen LogP contribution < -0.4 is 14.8 Å². The van der Waals surface area contributed by atoms with Crippen molar-refractivity contribution < 1.29 is 19.4 Å². The zero-order valence-electron chi connectivity index (χ0n) is 13.3. The van der Waals surface area contributed by atoms with Gasteiger partial charge in [0.15, 0.2) is 17.6 Å². The summed E-state index contributed by atoms with van der Waals surface area (Å²) in [6, 6.07) is 5.16. The molecule has 0 aliphatic heterocycles. The maximum absolute atomic E-state index is 11.9. The highest BCUT2D eigenvalue weighted by Crippen LogP contribution is 2.31. The smallest absolute Gasteiger partial charge is 0.260 e. The number of hydrogen-bond acceptors (Lipinski definition) is 4. The summed E-state index contributed by atoms with van der Waals surface area (Å²) in [5.74, 6) is 1.21. The fraction of sp³-hybridized carbons (Fsp3) is 0.562. The summed E-state index contributed by atoms with van der Waals surface area (Å²) in [4.78, 5) is 11.9. The molecular formula is C16H25NO4. The summed E-state index contributed by atoms with van der Waals surface area (Å²) >= 11 is 0. The van der Waals surface area contributed by atoms with Crippen LogP contribution in [0.15, 0.2) is 18.2 Å². The van der Waals surface area contributed by atoms with Gasteiger partial charge in [-0.1, -0.05) is 19.9 Å². The molecule has 5 nitrogen and oxygen atoms in total. The number of ether oxygens (including phenoxy) is 2. The lowest BCUT2D eigenvalue weighted by Crippen LogP contribution is -2.38. The largest absolute Gasteiger partial charge is 0.493 e. The summed E-state index contributed by atoms with van der Waals surface area (Å²) < 4.78 is 10.9. The minimum absolute atomic E-state index is 0.162. The highest BCUT2D eigenvalue weighted by Gasteiger charge is 2.17. The van der Waals surface area contributed by atoms with Gasteiger partial charge in [0.2, 0.25) is 0 Å². The summed E-state index contributed by atoms with van der Waals surface area (Å²) in [7, 11) is 1.53. The van der Waals surface area contributed by atoms with Crippen molar-refractivity contribution >= 4 is 5.91 Å². The van der Waals surface area contributed by atoms with Crippen LogP contribution in [0, 0.1) is 5.92 Å². The predicted octanol–water partition coefficient (Wildman–Crippen LogP) is 2.29. The molecule has 1 unspecified atom stereocenters. The Morgan fingerprint density at radius 2 is 1.90 bits per heavy atom. The van der Waals surface area contributed by atoms with Gasteiger partial charge in [-0.15, -0.1) is 0 Å². The van der Waals surface area contributed by atoms with E-state index in [2.05, 4.69) is 5.32 Å². The molecule has 0 heterocycles. The molecule has 5 heteroatoms. The van der Waals surface area contributed by atoms with Gasteiger partial charge >= 0.3 is 0 Å². The number of nitrogens with one attached hydrogen (secondary N) is 1. The lowest BCUT2D eigenvalue weighted by molar-refractivity contribution is -0.127. The normalized spacial score (nSPS) is 13.7. The van der Waals surface area contributed by atoms with E-state index in [4.69, 9.17) is 9.47 Å². The number of aliphatic hydroxyl groups excluding tert-OH is 1. The quantitative estimate of drug-likeness (QED) is 0.810. The van der Waals surface area contributed by atoms with Gasteiger partial charge in [-0.2, -0.15) is 0 Å². The molecule has 1 amide bonds. The predicted molar refractivity (Wildman–Crippen MR) is 81.6 cm³/mol. The van der Waals surface area contributed by atoms with Gasteiger partial charge in [-0.3, -0.25) is 4.79 Å². The van der Waals surface area contributed by atoms with Crippen molar-refractivity contribution in [3.05, 3.63) is 23.8 Å². The molecule has 21 heavy (non-hydrogen) atoms. The zero-order chi connectivity index (χ0) is 16.0. The molecule has 0 radical (unpaired) electrons. The number of amides is 1. The van der Waals surface area contributed by atoms with Gasteiger partial charge in [-0.05, 0) is 37.5 Å². The number of hydrogen-bond donors (Lipinski definition) is 2. The minimum atomic E-state index is -0.616. The summed E-state index contributed by atoms with van der Waals surface area (Å²) in [5, 5.41) is 12.4. The molecular weight excluding hydrogens is 270 g/mol. The molecule has 118 valence electrons. The van der Waals surface area contributed by atoms with Gasteiger partial charge in [0.1, 0.15) is 0 Å². The number of rotatable bonds is 7. The van der Waals surface area contributed by atoms with Crippen molar-refractivity contribution in [3.8, 4) is 11.5 Å². The molecule has 0 spiro atoms.